The molecule has 2 rings (SSSR count). The molecular weight excluding hydrogens is 282 g/mol. The van der Waals surface area contributed by atoms with Crippen LogP contribution >= 0.6 is 0 Å². The van der Waals surface area contributed by atoms with Gasteiger partial charge in [0, 0.05) is 38.6 Å². The van der Waals surface area contributed by atoms with E-state index in [1.165, 1.54) is 0 Å². The highest BCUT2D eigenvalue weighted by atomic mass is 16.5. The van der Waals surface area contributed by atoms with Gasteiger partial charge in [-0.05, 0) is 27.7 Å². The second kappa shape index (κ2) is 8.06. The number of rotatable bonds is 7. The Morgan fingerprint density at radius 1 is 1.36 bits per heavy atom. The van der Waals surface area contributed by atoms with E-state index in [9.17, 15) is 5.11 Å². The molecule has 126 valence electrons. The summed E-state index contributed by atoms with van der Waals surface area (Å²) in [7, 11) is 0. The molecule has 1 fully saturated rings. The maximum Gasteiger partial charge on any atom is 0.137 e. The van der Waals surface area contributed by atoms with Gasteiger partial charge >= 0.3 is 0 Å². The Kier molecular flexibility index (Phi) is 6.37. The van der Waals surface area contributed by atoms with Gasteiger partial charge in [-0.25, -0.2) is 4.98 Å². The largest absolute Gasteiger partial charge is 0.390 e. The number of aromatic nitrogens is 2. The predicted octanol–water partition coefficient (Wildman–Crippen LogP) is 1.45. The first-order valence-corrected chi connectivity index (χ1v) is 8.18. The molecule has 0 bridgehead atoms. The van der Waals surface area contributed by atoms with Gasteiger partial charge in [0.2, 0.25) is 0 Å². The highest BCUT2D eigenvalue weighted by Crippen LogP contribution is 2.16. The van der Waals surface area contributed by atoms with Gasteiger partial charge in [-0.1, -0.05) is 0 Å². The highest BCUT2D eigenvalue weighted by molar-refractivity contribution is 4.96. The molecule has 0 radical (unpaired) electrons. The molecule has 1 saturated heterocycles. The Bertz CT molecular complexity index is 442. The fraction of sp³-hybridized carbons (Fsp3) is 0.812. The maximum atomic E-state index is 10.4. The zero-order valence-electron chi connectivity index (χ0n) is 14.1. The normalized spacial score (nSPS) is 26.0. The molecule has 1 aromatic heterocycles. The summed E-state index contributed by atoms with van der Waals surface area (Å²) >= 11 is 0. The molecule has 1 N–H and O–H groups in total. The molecule has 0 aliphatic carbocycles. The van der Waals surface area contributed by atoms with Crippen molar-refractivity contribution >= 4 is 0 Å². The molecule has 1 aromatic rings. The first-order chi connectivity index (χ1) is 10.5. The number of morpholine rings is 1. The Hall–Kier alpha value is -0.950. The summed E-state index contributed by atoms with van der Waals surface area (Å²) in [5, 5.41) is 10.4. The molecule has 22 heavy (non-hydrogen) atoms. The van der Waals surface area contributed by atoms with Crippen LogP contribution < -0.4 is 0 Å². The molecule has 0 saturated carbocycles. The van der Waals surface area contributed by atoms with Crippen molar-refractivity contribution in [1.29, 1.82) is 0 Å². The lowest BCUT2D eigenvalue weighted by atomic mass is 10.2. The SMILES string of the molecule is CCOC(C)c1nccn1CC(O)CN1CC(C)OC(C)C1. The second-order valence-corrected chi connectivity index (χ2v) is 6.17. The van der Waals surface area contributed by atoms with Gasteiger partial charge < -0.3 is 19.1 Å². The third-order valence-electron chi connectivity index (χ3n) is 3.90. The molecule has 1 aliphatic heterocycles. The Morgan fingerprint density at radius 3 is 2.68 bits per heavy atom. The first kappa shape index (κ1) is 17.4. The van der Waals surface area contributed by atoms with E-state index in [1.54, 1.807) is 6.20 Å². The van der Waals surface area contributed by atoms with Crippen LogP contribution in [0, 0.1) is 0 Å². The van der Waals surface area contributed by atoms with Gasteiger partial charge in [0.15, 0.2) is 0 Å². The standard InChI is InChI=1S/C16H29N3O3/c1-5-21-14(4)16-17-6-7-19(16)11-15(20)10-18-8-12(2)22-13(3)9-18/h6-7,12-15,20H,5,8-11H2,1-4H3. The minimum absolute atomic E-state index is 0.0596. The average molecular weight is 311 g/mol. The second-order valence-electron chi connectivity index (χ2n) is 6.17. The predicted molar refractivity (Wildman–Crippen MR) is 84.7 cm³/mol. The molecule has 1 aliphatic rings. The van der Waals surface area contributed by atoms with Gasteiger partial charge in [-0.3, -0.25) is 4.90 Å². The van der Waals surface area contributed by atoms with E-state index in [1.807, 2.05) is 24.6 Å². The molecule has 0 aromatic carbocycles. The summed E-state index contributed by atoms with van der Waals surface area (Å²) in [6.07, 6.45) is 3.61. The molecule has 0 spiro atoms. The summed E-state index contributed by atoms with van der Waals surface area (Å²) in [5.74, 6) is 0.865. The molecule has 2 heterocycles. The summed E-state index contributed by atoms with van der Waals surface area (Å²) in [6.45, 7) is 11.7. The van der Waals surface area contributed by atoms with Crippen molar-refractivity contribution in [1.82, 2.24) is 14.5 Å². The van der Waals surface area contributed by atoms with Crippen molar-refractivity contribution in [3.63, 3.8) is 0 Å². The molecular formula is C16H29N3O3. The minimum atomic E-state index is -0.431. The summed E-state index contributed by atoms with van der Waals surface area (Å²) in [6, 6.07) is 0. The van der Waals surface area contributed by atoms with Crippen LogP contribution in [-0.4, -0.2) is 64.1 Å². The lowest BCUT2D eigenvalue weighted by molar-refractivity contribution is -0.0773. The Morgan fingerprint density at radius 2 is 2.05 bits per heavy atom. The molecule has 6 nitrogen and oxygen atoms in total. The zero-order chi connectivity index (χ0) is 16.1. The number of aliphatic hydroxyl groups excluding tert-OH is 1. The average Bonchev–Trinajstić information content (AvgIpc) is 2.85. The number of nitrogens with zero attached hydrogens (tertiary/aromatic N) is 3. The molecule has 4 atom stereocenters. The fourth-order valence-electron chi connectivity index (χ4n) is 3.17. The van der Waals surface area contributed by atoms with E-state index >= 15 is 0 Å². The van der Waals surface area contributed by atoms with E-state index in [4.69, 9.17) is 9.47 Å². The van der Waals surface area contributed by atoms with E-state index in [0.29, 0.717) is 19.7 Å². The fourth-order valence-corrected chi connectivity index (χ4v) is 3.17. The van der Waals surface area contributed by atoms with Crippen molar-refractivity contribution in [3.05, 3.63) is 18.2 Å². The minimum Gasteiger partial charge on any atom is -0.390 e. The lowest BCUT2D eigenvalue weighted by Crippen LogP contribution is -2.48. The number of hydrogen-bond donors (Lipinski definition) is 1. The van der Waals surface area contributed by atoms with E-state index < -0.39 is 6.10 Å². The van der Waals surface area contributed by atoms with E-state index in [0.717, 1.165) is 18.9 Å². The van der Waals surface area contributed by atoms with Crippen LogP contribution in [0.4, 0.5) is 0 Å². The van der Waals surface area contributed by atoms with Gasteiger partial charge in [0.05, 0.1) is 24.9 Å². The molecule has 4 unspecified atom stereocenters. The number of aliphatic hydroxyl groups is 1. The Balaban J connectivity index is 1.89. The van der Waals surface area contributed by atoms with Crippen LogP contribution in [0.25, 0.3) is 0 Å². The zero-order valence-corrected chi connectivity index (χ0v) is 14.1. The topological polar surface area (TPSA) is 59.8 Å². The van der Waals surface area contributed by atoms with E-state index in [2.05, 4.69) is 23.7 Å². The van der Waals surface area contributed by atoms with E-state index in [-0.39, 0.29) is 18.3 Å². The summed E-state index contributed by atoms with van der Waals surface area (Å²) in [5.41, 5.74) is 0. The smallest absolute Gasteiger partial charge is 0.137 e. The van der Waals surface area contributed by atoms with Gasteiger partial charge in [0.1, 0.15) is 11.9 Å². The third kappa shape index (κ3) is 4.78. The Labute approximate surface area is 133 Å². The van der Waals surface area contributed by atoms with Crippen molar-refractivity contribution in [3.8, 4) is 0 Å². The van der Waals surface area contributed by atoms with Crippen molar-refractivity contribution in [2.75, 3.05) is 26.2 Å². The van der Waals surface area contributed by atoms with Gasteiger partial charge in [0.25, 0.3) is 0 Å². The van der Waals surface area contributed by atoms with Crippen molar-refractivity contribution in [2.45, 2.75) is 58.7 Å². The molecule has 0 amide bonds. The van der Waals surface area contributed by atoms with Crippen LogP contribution in [0.15, 0.2) is 12.4 Å². The monoisotopic (exact) mass is 311 g/mol. The number of imidazole rings is 1. The van der Waals surface area contributed by atoms with Crippen LogP contribution in [-0.2, 0) is 16.0 Å². The number of ether oxygens (including phenoxy) is 2. The number of hydrogen-bond acceptors (Lipinski definition) is 5. The van der Waals surface area contributed by atoms with Crippen LogP contribution in [0.5, 0.6) is 0 Å². The number of β-amino-alcohol motifs (C(OH)–C–C–N with tert-alkyl or cyclic N) is 1. The lowest BCUT2D eigenvalue weighted by Gasteiger charge is -2.36. The first-order valence-electron chi connectivity index (χ1n) is 8.18. The van der Waals surface area contributed by atoms with Crippen molar-refractivity contribution < 1.29 is 14.6 Å². The van der Waals surface area contributed by atoms with Gasteiger partial charge in [-0.15, -0.1) is 0 Å². The summed E-state index contributed by atoms with van der Waals surface area (Å²) < 4.78 is 13.3. The highest BCUT2D eigenvalue weighted by Gasteiger charge is 2.24. The van der Waals surface area contributed by atoms with Crippen LogP contribution in [0.1, 0.15) is 39.6 Å². The van der Waals surface area contributed by atoms with Crippen molar-refractivity contribution in [2.24, 2.45) is 0 Å². The third-order valence-corrected chi connectivity index (χ3v) is 3.90. The van der Waals surface area contributed by atoms with Gasteiger partial charge in [-0.2, -0.15) is 0 Å². The van der Waals surface area contributed by atoms with Crippen LogP contribution in [0.3, 0.4) is 0 Å². The summed E-state index contributed by atoms with van der Waals surface area (Å²) in [4.78, 5) is 6.62. The maximum absolute atomic E-state index is 10.4. The quantitative estimate of drug-likeness (QED) is 0.826. The van der Waals surface area contributed by atoms with Crippen LogP contribution in [0.2, 0.25) is 0 Å². The molecule has 6 heteroatoms.